The van der Waals surface area contributed by atoms with Gasteiger partial charge in [-0.05, 0) is 41.5 Å². The van der Waals surface area contributed by atoms with E-state index in [1.807, 2.05) is 54.6 Å². The monoisotopic (exact) mass is 388 g/mol. The largest absolute Gasteiger partial charge is 0.497 e. The van der Waals surface area contributed by atoms with Gasteiger partial charge in [-0.2, -0.15) is 0 Å². The maximum Gasteiger partial charge on any atom is 0.253 e. The molecule has 0 spiro atoms. The van der Waals surface area contributed by atoms with Gasteiger partial charge in [-0.25, -0.2) is 0 Å². The molecular weight excluding hydrogens is 364 g/mol. The molecule has 148 valence electrons. The maximum atomic E-state index is 12.7. The fraction of sp³-hybridized carbons (Fsp3) is 0.167. The Kier molecular flexibility index (Phi) is 6.63. The molecule has 3 aromatic rings. The van der Waals surface area contributed by atoms with Crippen LogP contribution in [0.3, 0.4) is 0 Å². The molecule has 5 nitrogen and oxygen atoms in total. The summed E-state index contributed by atoms with van der Waals surface area (Å²) in [6.45, 7) is 0.522. The Bertz CT molecular complexity index is 969. The van der Waals surface area contributed by atoms with Gasteiger partial charge in [0.2, 0.25) is 5.91 Å². The third kappa shape index (κ3) is 5.69. The first-order chi connectivity index (χ1) is 14.0. The lowest BCUT2D eigenvalue weighted by molar-refractivity contribution is -0.115. The lowest BCUT2D eigenvalue weighted by Crippen LogP contribution is -2.26. The fourth-order valence-electron chi connectivity index (χ4n) is 3.01. The number of hydrogen-bond donors (Lipinski definition) is 1. The number of amides is 2. The van der Waals surface area contributed by atoms with Gasteiger partial charge in [-0.15, -0.1) is 0 Å². The van der Waals surface area contributed by atoms with Gasteiger partial charge < -0.3 is 15.0 Å². The molecule has 0 saturated heterocycles. The molecule has 3 rings (SSSR count). The van der Waals surface area contributed by atoms with Crippen LogP contribution in [0.2, 0.25) is 0 Å². The van der Waals surface area contributed by atoms with E-state index in [9.17, 15) is 9.59 Å². The number of benzene rings is 3. The number of methoxy groups -OCH3 is 1. The molecule has 1 N–H and O–H groups in total. The minimum absolute atomic E-state index is 0.0971. The van der Waals surface area contributed by atoms with Crippen LogP contribution in [0, 0.1) is 0 Å². The Hall–Kier alpha value is -3.60. The summed E-state index contributed by atoms with van der Waals surface area (Å²) in [6.07, 6.45) is 0.246. The van der Waals surface area contributed by atoms with E-state index in [4.69, 9.17) is 4.74 Å². The van der Waals surface area contributed by atoms with Crippen LogP contribution in [0.15, 0.2) is 78.9 Å². The second-order valence-electron chi connectivity index (χ2n) is 6.80. The SMILES string of the molecule is COc1ccc(CC(=O)Nc2cccc(C(=O)N(C)Cc3ccccc3)c2)cc1. The summed E-state index contributed by atoms with van der Waals surface area (Å²) in [5, 5.41) is 2.86. The summed E-state index contributed by atoms with van der Waals surface area (Å²) in [5.41, 5.74) is 3.08. The van der Waals surface area contributed by atoms with E-state index in [1.165, 1.54) is 0 Å². The van der Waals surface area contributed by atoms with Crippen LogP contribution in [-0.2, 0) is 17.8 Å². The summed E-state index contributed by atoms with van der Waals surface area (Å²) in [6, 6.07) is 24.2. The van der Waals surface area contributed by atoms with Crippen LogP contribution in [-0.4, -0.2) is 30.9 Å². The highest BCUT2D eigenvalue weighted by molar-refractivity contribution is 5.97. The van der Waals surface area contributed by atoms with Crippen molar-refractivity contribution in [2.75, 3.05) is 19.5 Å². The van der Waals surface area contributed by atoms with Gasteiger partial charge >= 0.3 is 0 Å². The summed E-state index contributed by atoms with van der Waals surface area (Å²) in [5.74, 6) is 0.512. The molecule has 0 saturated carbocycles. The normalized spacial score (nSPS) is 10.3. The summed E-state index contributed by atoms with van der Waals surface area (Å²) in [4.78, 5) is 26.8. The van der Waals surface area contributed by atoms with Gasteiger partial charge in [-0.3, -0.25) is 9.59 Å². The van der Waals surface area contributed by atoms with Crippen LogP contribution in [0.25, 0.3) is 0 Å². The van der Waals surface area contributed by atoms with Gasteiger partial charge in [0.15, 0.2) is 0 Å². The molecular formula is C24H24N2O3. The Balaban J connectivity index is 1.62. The molecule has 0 heterocycles. The highest BCUT2D eigenvalue weighted by atomic mass is 16.5. The lowest BCUT2D eigenvalue weighted by Gasteiger charge is -2.18. The van der Waals surface area contributed by atoms with Crippen LogP contribution in [0.5, 0.6) is 5.75 Å². The molecule has 0 aromatic heterocycles. The number of rotatable bonds is 7. The lowest BCUT2D eigenvalue weighted by atomic mass is 10.1. The molecule has 29 heavy (non-hydrogen) atoms. The van der Waals surface area contributed by atoms with E-state index in [0.717, 1.165) is 16.9 Å². The van der Waals surface area contributed by atoms with E-state index in [0.29, 0.717) is 17.8 Å². The first kappa shape index (κ1) is 20.1. The average Bonchev–Trinajstić information content (AvgIpc) is 2.74. The van der Waals surface area contributed by atoms with Gasteiger partial charge in [-0.1, -0.05) is 48.5 Å². The molecule has 5 heteroatoms. The van der Waals surface area contributed by atoms with Gasteiger partial charge in [0, 0.05) is 24.8 Å². The van der Waals surface area contributed by atoms with Crippen LogP contribution in [0.1, 0.15) is 21.5 Å². The molecule has 0 radical (unpaired) electrons. The topological polar surface area (TPSA) is 58.6 Å². The smallest absolute Gasteiger partial charge is 0.253 e. The molecule has 3 aromatic carbocycles. The third-order valence-corrected chi connectivity index (χ3v) is 4.53. The first-order valence-corrected chi connectivity index (χ1v) is 9.37. The Morgan fingerprint density at radius 2 is 1.62 bits per heavy atom. The van der Waals surface area contributed by atoms with Gasteiger partial charge in [0.05, 0.1) is 13.5 Å². The second kappa shape index (κ2) is 9.55. The van der Waals surface area contributed by atoms with E-state index < -0.39 is 0 Å². The molecule has 0 unspecified atom stereocenters. The van der Waals surface area contributed by atoms with Crippen molar-refractivity contribution >= 4 is 17.5 Å². The predicted molar refractivity (Wildman–Crippen MR) is 114 cm³/mol. The standard InChI is InChI=1S/C24H24N2O3/c1-26(17-19-7-4-3-5-8-19)24(28)20-9-6-10-21(16-20)25-23(27)15-18-11-13-22(29-2)14-12-18/h3-14,16H,15,17H2,1-2H3,(H,25,27). The van der Waals surface area contributed by atoms with E-state index in [2.05, 4.69) is 5.32 Å². The zero-order valence-electron chi connectivity index (χ0n) is 16.6. The van der Waals surface area contributed by atoms with Crippen molar-refractivity contribution < 1.29 is 14.3 Å². The molecule has 0 bridgehead atoms. The number of nitrogens with one attached hydrogen (secondary N) is 1. The molecule has 0 aliphatic heterocycles. The van der Waals surface area contributed by atoms with Gasteiger partial charge in [0.25, 0.3) is 5.91 Å². The quantitative estimate of drug-likeness (QED) is 0.662. The molecule has 0 atom stereocenters. The summed E-state index contributed by atoms with van der Waals surface area (Å²) < 4.78 is 5.13. The minimum Gasteiger partial charge on any atom is -0.497 e. The second-order valence-corrected chi connectivity index (χ2v) is 6.80. The van der Waals surface area contributed by atoms with Gasteiger partial charge in [0.1, 0.15) is 5.75 Å². The average molecular weight is 388 g/mol. The van der Waals surface area contributed by atoms with Crippen molar-refractivity contribution in [1.29, 1.82) is 0 Å². The Labute approximate surface area is 170 Å². The number of carbonyl (C=O) groups excluding carboxylic acids is 2. The highest BCUT2D eigenvalue weighted by Gasteiger charge is 2.13. The number of anilines is 1. The maximum absolute atomic E-state index is 12.7. The van der Waals surface area contributed by atoms with Crippen molar-refractivity contribution in [2.24, 2.45) is 0 Å². The number of hydrogen-bond acceptors (Lipinski definition) is 3. The number of carbonyl (C=O) groups is 2. The van der Waals surface area contributed by atoms with E-state index in [-0.39, 0.29) is 18.2 Å². The minimum atomic E-state index is -0.141. The van der Waals surface area contributed by atoms with Crippen molar-refractivity contribution in [2.45, 2.75) is 13.0 Å². The zero-order valence-corrected chi connectivity index (χ0v) is 16.6. The van der Waals surface area contributed by atoms with E-state index in [1.54, 1.807) is 43.3 Å². The third-order valence-electron chi connectivity index (χ3n) is 4.53. The van der Waals surface area contributed by atoms with Crippen molar-refractivity contribution in [3.8, 4) is 5.75 Å². The van der Waals surface area contributed by atoms with E-state index >= 15 is 0 Å². The van der Waals surface area contributed by atoms with Crippen LogP contribution < -0.4 is 10.1 Å². The first-order valence-electron chi connectivity index (χ1n) is 9.37. The number of nitrogens with zero attached hydrogens (tertiary/aromatic N) is 1. The predicted octanol–water partition coefficient (Wildman–Crippen LogP) is 4.15. The molecule has 0 aliphatic rings. The van der Waals surface area contributed by atoms with Crippen LogP contribution in [0.4, 0.5) is 5.69 Å². The van der Waals surface area contributed by atoms with Crippen LogP contribution >= 0.6 is 0 Å². The summed E-state index contributed by atoms with van der Waals surface area (Å²) in [7, 11) is 3.37. The fourth-order valence-corrected chi connectivity index (χ4v) is 3.01. The van der Waals surface area contributed by atoms with Crippen molar-refractivity contribution in [3.63, 3.8) is 0 Å². The zero-order chi connectivity index (χ0) is 20.6. The molecule has 2 amide bonds. The Morgan fingerprint density at radius 3 is 2.31 bits per heavy atom. The molecule has 0 fully saturated rings. The molecule has 0 aliphatic carbocycles. The highest BCUT2D eigenvalue weighted by Crippen LogP contribution is 2.16. The van der Waals surface area contributed by atoms with Crippen molar-refractivity contribution in [3.05, 3.63) is 95.6 Å². The van der Waals surface area contributed by atoms with Crippen molar-refractivity contribution in [1.82, 2.24) is 4.90 Å². The number of ether oxygens (including phenoxy) is 1. The summed E-state index contributed by atoms with van der Waals surface area (Å²) >= 11 is 0. The Morgan fingerprint density at radius 1 is 0.897 bits per heavy atom.